The normalized spacial score (nSPS) is 15.7. The van der Waals surface area contributed by atoms with Gasteiger partial charge >= 0.3 is 0 Å². The van der Waals surface area contributed by atoms with Crippen molar-refractivity contribution in [2.75, 3.05) is 11.9 Å². The molecule has 1 aromatic heterocycles. The minimum atomic E-state index is -0.420. The lowest BCUT2D eigenvalue weighted by Crippen LogP contribution is -2.27. The van der Waals surface area contributed by atoms with Crippen molar-refractivity contribution < 1.29 is 18.7 Å². The Morgan fingerprint density at radius 3 is 2.67 bits per heavy atom. The Morgan fingerprint density at radius 2 is 1.90 bits per heavy atom. The first-order valence-electron chi connectivity index (χ1n) is 9.74. The Bertz CT molecular complexity index is 1040. The number of amides is 2. The average molecular weight is 425 g/mol. The van der Waals surface area contributed by atoms with E-state index in [0.717, 1.165) is 12.0 Å². The summed E-state index contributed by atoms with van der Waals surface area (Å²) in [5, 5.41) is 6.30. The van der Waals surface area contributed by atoms with Crippen LogP contribution in [0.4, 0.5) is 5.69 Å². The summed E-state index contributed by atoms with van der Waals surface area (Å²) < 4.78 is 11.2. The van der Waals surface area contributed by atoms with Gasteiger partial charge in [0.15, 0.2) is 0 Å². The third-order valence-corrected chi connectivity index (χ3v) is 5.08. The fraction of sp³-hybridized carbons (Fsp3) is 0.217. The summed E-state index contributed by atoms with van der Waals surface area (Å²) in [6.45, 7) is 0.853. The number of hydrogen-bond donors (Lipinski definition) is 2. The molecule has 0 radical (unpaired) electrons. The first-order chi connectivity index (χ1) is 14.6. The number of ether oxygens (including phenoxy) is 1. The van der Waals surface area contributed by atoms with Gasteiger partial charge in [0.2, 0.25) is 0 Å². The third kappa shape index (κ3) is 4.90. The van der Waals surface area contributed by atoms with Gasteiger partial charge in [-0.15, -0.1) is 0 Å². The molecule has 1 saturated heterocycles. The van der Waals surface area contributed by atoms with Crippen molar-refractivity contribution in [3.8, 4) is 11.3 Å². The van der Waals surface area contributed by atoms with Crippen LogP contribution in [0.1, 0.15) is 29.0 Å². The average Bonchev–Trinajstić information content (AvgIpc) is 3.45. The van der Waals surface area contributed by atoms with Crippen molar-refractivity contribution >= 4 is 29.1 Å². The zero-order valence-corrected chi connectivity index (χ0v) is 16.9. The molecule has 2 aromatic carbocycles. The summed E-state index contributed by atoms with van der Waals surface area (Å²) in [4.78, 5) is 24.7. The van der Waals surface area contributed by atoms with Crippen LogP contribution in [-0.4, -0.2) is 24.5 Å². The van der Waals surface area contributed by atoms with Crippen LogP contribution in [0.2, 0.25) is 5.02 Å². The molecule has 30 heavy (non-hydrogen) atoms. The molecule has 0 spiro atoms. The van der Waals surface area contributed by atoms with Crippen LogP contribution < -0.4 is 10.6 Å². The van der Waals surface area contributed by atoms with Gasteiger partial charge in [0.05, 0.1) is 6.54 Å². The van der Waals surface area contributed by atoms with Crippen LogP contribution in [0.5, 0.6) is 0 Å². The number of halogens is 1. The highest BCUT2D eigenvalue weighted by molar-refractivity contribution is 6.30. The van der Waals surface area contributed by atoms with Gasteiger partial charge in [-0.25, -0.2) is 0 Å². The quantitative estimate of drug-likeness (QED) is 0.603. The Kier molecular flexibility index (Phi) is 6.16. The van der Waals surface area contributed by atoms with E-state index in [4.69, 9.17) is 20.8 Å². The van der Waals surface area contributed by atoms with Crippen molar-refractivity contribution in [2.24, 2.45) is 0 Å². The molecule has 6 nitrogen and oxygen atoms in total. The van der Waals surface area contributed by atoms with E-state index in [1.54, 1.807) is 36.4 Å². The number of hydrogen-bond acceptors (Lipinski definition) is 4. The highest BCUT2D eigenvalue weighted by Gasteiger charge is 2.23. The monoisotopic (exact) mass is 424 g/mol. The van der Waals surface area contributed by atoms with Crippen molar-refractivity contribution in [2.45, 2.75) is 25.5 Å². The van der Waals surface area contributed by atoms with E-state index in [1.165, 1.54) is 0 Å². The van der Waals surface area contributed by atoms with Crippen molar-refractivity contribution in [3.05, 3.63) is 77.0 Å². The minimum Gasteiger partial charge on any atom is -0.459 e. The largest absolute Gasteiger partial charge is 0.459 e. The molecule has 2 N–H and O–H groups in total. The summed E-state index contributed by atoms with van der Waals surface area (Å²) >= 11 is 5.91. The van der Waals surface area contributed by atoms with E-state index in [0.29, 0.717) is 40.8 Å². The lowest BCUT2D eigenvalue weighted by atomic mass is 10.1. The van der Waals surface area contributed by atoms with E-state index < -0.39 is 6.10 Å². The second-order valence-electron chi connectivity index (χ2n) is 7.03. The van der Waals surface area contributed by atoms with E-state index in [1.807, 2.05) is 24.3 Å². The number of furan rings is 1. The molecule has 7 heteroatoms. The Hall–Kier alpha value is -3.09. The van der Waals surface area contributed by atoms with E-state index in [9.17, 15) is 9.59 Å². The maximum absolute atomic E-state index is 12.5. The van der Waals surface area contributed by atoms with Gasteiger partial charge in [0, 0.05) is 28.4 Å². The minimum absolute atomic E-state index is 0.185. The van der Waals surface area contributed by atoms with E-state index in [2.05, 4.69) is 10.6 Å². The molecule has 1 atom stereocenters. The zero-order valence-electron chi connectivity index (χ0n) is 16.2. The lowest BCUT2D eigenvalue weighted by molar-refractivity contribution is -0.124. The molecule has 4 rings (SSSR count). The number of nitrogens with one attached hydrogen (secondary N) is 2. The fourth-order valence-electron chi connectivity index (χ4n) is 3.26. The van der Waals surface area contributed by atoms with Crippen LogP contribution in [0.3, 0.4) is 0 Å². The van der Waals surface area contributed by atoms with Crippen LogP contribution >= 0.6 is 11.6 Å². The first kappa shape index (κ1) is 20.2. The fourth-order valence-corrected chi connectivity index (χ4v) is 3.38. The molecular formula is C23H21ClN2O4. The molecule has 0 saturated carbocycles. The predicted octanol–water partition coefficient (Wildman–Crippen LogP) is 4.65. The molecule has 2 heterocycles. The molecule has 1 aliphatic heterocycles. The van der Waals surface area contributed by atoms with Crippen LogP contribution in [0, 0.1) is 0 Å². The van der Waals surface area contributed by atoms with Gasteiger partial charge in [-0.3, -0.25) is 9.59 Å². The number of carbonyl (C=O) groups is 2. The number of anilines is 1. The van der Waals surface area contributed by atoms with Gasteiger partial charge in [-0.05, 0) is 67.4 Å². The maximum atomic E-state index is 12.5. The standard InChI is InChI=1S/C23H21ClN2O4/c24-17-8-6-15(7-9-17)20-11-10-19(30-20)14-25-22(27)16-3-1-4-18(13-16)26-23(28)21-5-2-12-29-21/h1,3-4,6-11,13,21H,2,5,12,14H2,(H,25,27)(H,26,28). The first-order valence-corrected chi connectivity index (χ1v) is 10.1. The predicted molar refractivity (Wildman–Crippen MR) is 114 cm³/mol. The summed E-state index contributed by atoms with van der Waals surface area (Å²) in [7, 11) is 0. The second kappa shape index (κ2) is 9.15. The van der Waals surface area contributed by atoms with Gasteiger partial charge in [-0.1, -0.05) is 17.7 Å². The highest BCUT2D eigenvalue weighted by atomic mass is 35.5. The van der Waals surface area contributed by atoms with Crippen LogP contribution in [0.25, 0.3) is 11.3 Å². The molecule has 0 aliphatic carbocycles. The molecular weight excluding hydrogens is 404 g/mol. The number of benzene rings is 2. The van der Waals surface area contributed by atoms with Crippen LogP contribution in [-0.2, 0) is 16.1 Å². The smallest absolute Gasteiger partial charge is 0.253 e. The summed E-state index contributed by atoms with van der Waals surface area (Å²) in [5.74, 6) is 0.897. The molecule has 2 amide bonds. The van der Waals surface area contributed by atoms with Crippen molar-refractivity contribution in [3.63, 3.8) is 0 Å². The number of carbonyl (C=O) groups excluding carboxylic acids is 2. The van der Waals surface area contributed by atoms with Crippen LogP contribution in [0.15, 0.2) is 65.1 Å². The molecule has 1 aliphatic rings. The molecule has 1 fully saturated rings. The summed E-state index contributed by atoms with van der Waals surface area (Å²) in [5.41, 5.74) is 1.92. The number of rotatable bonds is 6. The topological polar surface area (TPSA) is 80.6 Å². The van der Waals surface area contributed by atoms with Gasteiger partial charge in [0.25, 0.3) is 11.8 Å². The molecule has 0 bridgehead atoms. The Morgan fingerprint density at radius 1 is 1.07 bits per heavy atom. The highest BCUT2D eigenvalue weighted by Crippen LogP contribution is 2.24. The SMILES string of the molecule is O=C(NCc1ccc(-c2ccc(Cl)cc2)o1)c1cccc(NC(=O)C2CCCO2)c1. The molecule has 1 unspecified atom stereocenters. The molecule has 3 aromatic rings. The van der Waals surface area contributed by atoms with Crippen molar-refractivity contribution in [1.29, 1.82) is 0 Å². The van der Waals surface area contributed by atoms with E-state index in [-0.39, 0.29) is 18.4 Å². The lowest BCUT2D eigenvalue weighted by Gasteiger charge is -2.11. The van der Waals surface area contributed by atoms with Gasteiger partial charge < -0.3 is 19.8 Å². The Labute approximate surface area is 179 Å². The van der Waals surface area contributed by atoms with Gasteiger partial charge in [-0.2, -0.15) is 0 Å². The summed E-state index contributed by atoms with van der Waals surface area (Å²) in [6.07, 6.45) is 1.18. The van der Waals surface area contributed by atoms with Crippen molar-refractivity contribution in [1.82, 2.24) is 5.32 Å². The van der Waals surface area contributed by atoms with E-state index >= 15 is 0 Å². The zero-order chi connectivity index (χ0) is 20.9. The molecule has 154 valence electrons. The van der Waals surface area contributed by atoms with Gasteiger partial charge in [0.1, 0.15) is 17.6 Å². The second-order valence-corrected chi connectivity index (χ2v) is 7.46. The summed E-state index contributed by atoms with van der Waals surface area (Å²) in [6, 6.07) is 17.8. The third-order valence-electron chi connectivity index (χ3n) is 4.83. The maximum Gasteiger partial charge on any atom is 0.253 e. The Balaban J connectivity index is 1.35.